The first-order valence-corrected chi connectivity index (χ1v) is 10.3. The van der Waals surface area contributed by atoms with Gasteiger partial charge in [0.2, 0.25) is 15.9 Å². The Morgan fingerprint density at radius 2 is 1.73 bits per heavy atom. The molecular weight excluding hydrogens is 348 g/mol. The molecule has 26 heavy (non-hydrogen) atoms. The number of carbonyl (C=O) groups is 1. The van der Waals surface area contributed by atoms with Crippen molar-refractivity contribution in [1.29, 1.82) is 0 Å². The van der Waals surface area contributed by atoms with Crippen LogP contribution in [0.25, 0.3) is 0 Å². The third kappa shape index (κ3) is 3.81. The van der Waals surface area contributed by atoms with Crippen LogP contribution in [0.4, 0.5) is 5.69 Å². The largest absolute Gasteiger partial charge is 0.312 e. The number of nitrogens with one attached hydrogen (secondary N) is 1. The first-order chi connectivity index (χ1) is 12.3. The lowest BCUT2D eigenvalue weighted by Crippen LogP contribution is -2.27. The molecule has 1 atom stereocenters. The molecule has 1 amide bonds. The summed E-state index contributed by atoms with van der Waals surface area (Å²) in [6, 6.07) is 12.1. The smallest absolute Gasteiger partial charge is 0.241 e. The zero-order valence-electron chi connectivity index (χ0n) is 15.3. The Morgan fingerprint density at radius 3 is 2.31 bits per heavy atom. The van der Waals surface area contributed by atoms with Gasteiger partial charge in [-0.3, -0.25) is 4.79 Å². The van der Waals surface area contributed by atoms with Gasteiger partial charge in [-0.05, 0) is 68.1 Å². The molecule has 5 nitrogen and oxygen atoms in total. The highest BCUT2D eigenvalue weighted by Crippen LogP contribution is 2.24. The molecule has 1 heterocycles. The average molecular weight is 372 g/mol. The molecule has 0 spiro atoms. The van der Waals surface area contributed by atoms with Crippen molar-refractivity contribution in [3.8, 4) is 0 Å². The van der Waals surface area contributed by atoms with Crippen LogP contribution in [0.2, 0.25) is 0 Å². The average Bonchev–Trinajstić information content (AvgIpc) is 3.03. The molecule has 2 aromatic carbocycles. The van der Waals surface area contributed by atoms with Gasteiger partial charge >= 0.3 is 0 Å². The van der Waals surface area contributed by atoms with Gasteiger partial charge in [0.05, 0.1) is 4.90 Å². The van der Waals surface area contributed by atoms with Crippen molar-refractivity contribution in [2.75, 3.05) is 11.4 Å². The number of sulfonamides is 1. The van der Waals surface area contributed by atoms with Crippen molar-refractivity contribution in [3.63, 3.8) is 0 Å². The van der Waals surface area contributed by atoms with Crippen LogP contribution in [0.5, 0.6) is 0 Å². The van der Waals surface area contributed by atoms with Crippen molar-refractivity contribution in [2.45, 2.75) is 44.6 Å². The Hall–Kier alpha value is -2.18. The number of rotatable bonds is 5. The van der Waals surface area contributed by atoms with E-state index in [-0.39, 0.29) is 16.8 Å². The Balaban J connectivity index is 1.77. The third-order valence-electron chi connectivity index (χ3n) is 4.90. The second-order valence-corrected chi connectivity index (χ2v) is 8.54. The van der Waals surface area contributed by atoms with Crippen molar-refractivity contribution in [2.24, 2.45) is 0 Å². The normalized spacial score (nSPS) is 16.1. The van der Waals surface area contributed by atoms with E-state index in [0.717, 1.165) is 23.2 Å². The number of amides is 1. The standard InChI is InChI=1S/C20H24N2O3S/c1-14-6-7-17(13-15(14)2)16(3)21-26(24,25)19-10-8-18(9-11-19)22-12-4-5-20(22)23/h6-11,13,16,21H,4-5,12H2,1-3H3/t16-/m1/s1. The van der Waals surface area contributed by atoms with E-state index in [4.69, 9.17) is 0 Å². The molecule has 0 aromatic heterocycles. The zero-order valence-corrected chi connectivity index (χ0v) is 16.1. The van der Waals surface area contributed by atoms with Gasteiger partial charge in [-0.25, -0.2) is 13.1 Å². The molecule has 1 aliphatic rings. The van der Waals surface area contributed by atoms with Crippen molar-refractivity contribution in [1.82, 2.24) is 4.72 Å². The van der Waals surface area contributed by atoms with Gasteiger partial charge < -0.3 is 4.90 Å². The fourth-order valence-corrected chi connectivity index (χ4v) is 4.36. The van der Waals surface area contributed by atoms with Crippen LogP contribution < -0.4 is 9.62 Å². The number of hydrogen-bond donors (Lipinski definition) is 1. The van der Waals surface area contributed by atoms with E-state index in [9.17, 15) is 13.2 Å². The molecule has 0 saturated carbocycles. The summed E-state index contributed by atoms with van der Waals surface area (Å²) >= 11 is 0. The number of anilines is 1. The monoisotopic (exact) mass is 372 g/mol. The van der Waals surface area contributed by atoms with E-state index < -0.39 is 10.0 Å². The fourth-order valence-electron chi connectivity index (χ4n) is 3.13. The van der Waals surface area contributed by atoms with Crippen molar-refractivity contribution in [3.05, 3.63) is 59.2 Å². The summed E-state index contributed by atoms with van der Waals surface area (Å²) < 4.78 is 28.1. The van der Waals surface area contributed by atoms with Gasteiger partial charge in [0.25, 0.3) is 0 Å². The number of benzene rings is 2. The number of hydrogen-bond acceptors (Lipinski definition) is 3. The second kappa shape index (κ2) is 7.21. The summed E-state index contributed by atoms with van der Waals surface area (Å²) in [6.07, 6.45) is 1.39. The Morgan fingerprint density at radius 1 is 1.04 bits per heavy atom. The first-order valence-electron chi connectivity index (χ1n) is 8.78. The minimum Gasteiger partial charge on any atom is -0.312 e. The third-order valence-corrected chi connectivity index (χ3v) is 6.45. The summed E-state index contributed by atoms with van der Waals surface area (Å²) in [5, 5.41) is 0. The van der Waals surface area contributed by atoms with Crippen molar-refractivity contribution < 1.29 is 13.2 Å². The van der Waals surface area contributed by atoms with E-state index in [0.29, 0.717) is 13.0 Å². The van der Waals surface area contributed by atoms with Crippen LogP contribution in [0.15, 0.2) is 47.4 Å². The number of aryl methyl sites for hydroxylation is 2. The highest BCUT2D eigenvalue weighted by molar-refractivity contribution is 7.89. The van der Waals surface area contributed by atoms with Crippen LogP contribution in [-0.2, 0) is 14.8 Å². The van der Waals surface area contributed by atoms with Crippen LogP contribution in [0.3, 0.4) is 0 Å². The molecule has 0 unspecified atom stereocenters. The zero-order chi connectivity index (χ0) is 18.9. The topological polar surface area (TPSA) is 66.5 Å². The summed E-state index contributed by atoms with van der Waals surface area (Å²) in [5.41, 5.74) is 3.98. The highest BCUT2D eigenvalue weighted by Gasteiger charge is 2.23. The Bertz CT molecular complexity index is 921. The van der Waals surface area contributed by atoms with E-state index in [2.05, 4.69) is 4.72 Å². The van der Waals surface area contributed by atoms with E-state index in [1.807, 2.05) is 39.0 Å². The lowest BCUT2D eigenvalue weighted by atomic mass is 10.0. The van der Waals surface area contributed by atoms with E-state index >= 15 is 0 Å². The van der Waals surface area contributed by atoms with Gasteiger partial charge in [-0.2, -0.15) is 0 Å². The minimum absolute atomic E-state index is 0.0853. The molecule has 1 N–H and O–H groups in total. The predicted molar refractivity (Wildman–Crippen MR) is 103 cm³/mol. The maximum Gasteiger partial charge on any atom is 0.241 e. The maximum absolute atomic E-state index is 12.7. The highest BCUT2D eigenvalue weighted by atomic mass is 32.2. The molecule has 0 bridgehead atoms. The van der Waals surface area contributed by atoms with Gasteiger partial charge in [-0.15, -0.1) is 0 Å². The van der Waals surface area contributed by atoms with Gasteiger partial charge in [0.1, 0.15) is 0 Å². The molecule has 1 aliphatic heterocycles. The molecule has 6 heteroatoms. The van der Waals surface area contributed by atoms with Gasteiger partial charge in [0.15, 0.2) is 0 Å². The Labute approximate surface area is 155 Å². The molecule has 138 valence electrons. The lowest BCUT2D eigenvalue weighted by molar-refractivity contribution is -0.117. The molecule has 0 aliphatic carbocycles. The predicted octanol–water partition coefficient (Wildman–Crippen LogP) is 3.47. The lowest BCUT2D eigenvalue weighted by Gasteiger charge is -2.18. The molecule has 0 radical (unpaired) electrons. The van der Waals surface area contributed by atoms with Gasteiger partial charge in [0, 0.05) is 24.7 Å². The second-order valence-electron chi connectivity index (χ2n) is 6.83. The van der Waals surface area contributed by atoms with Crippen molar-refractivity contribution >= 4 is 21.6 Å². The van der Waals surface area contributed by atoms with Crippen LogP contribution in [-0.4, -0.2) is 20.9 Å². The van der Waals surface area contributed by atoms with Crippen LogP contribution in [0, 0.1) is 13.8 Å². The maximum atomic E-state index is 12.7. The SMILES string of the molecule is Cc1ccc([C@@H](C)NS(=O)(=O)c2ccc(N3CCCC3=O)cc2)cc1C. The van der Waals surface area contributed by atoms with Crippen LogP contribution >= 0.6 is 0 Å². The summed E-state index contributed by atoms with van der Waals surface area (Å²) in [4.78, 5) is 13.7. The summed E-state index contributed by atoms with van der Waals surface area (Å²) in [7, 11) is -3.64. The summed E-state index contributed by atoms with van der Waals surface area (Å²) in [6.45, 7) is 6.56. The molecular formula is C20H24N2O3S. The fraction of sp³-hybridized carbons (Fsp3) is 0.350. The first kappa shape index (κ1) is 18.6. The minimum atomic E-state index is -3.64. The molecule has 1 saturated heterocycles. The van der Waals surface area contributed by atoms with E-state index in [1.165, 1.54) is 5.56 Å². The number of nitrogens with zero attached hydrogens (tertiary/aromatic N) is 1. The number of carbonyl (C=O) groups excluding carboxylic acids is 1. The molecule has 3 rings (SSSR count). The molecule has 1 fully saturated rings. The van der Waals surface area contributed by atoms with E-state index in [1.54, 1.807) is 29.2 Å². The Kier molecular flexibility index (Phi) is 5.16. The summed E-state index contributed by atoms with van der Waals surface area (Å²) in [5.74, 6) is 0.0853. The van der Waals surface area contributed by atoms with Crippen LogP contribution in [0.1, 0.15) is 42.5 Å². The molecule has 2 aromatic rings. The van der Waals surface area contributed by atoms with Gasteiger partial charge in [-0.1, -0.05) is 18.2 Å². The quantitative estimate of drug-likeness (QED) is 0.874.